The number of halogens is 3. The smallest absolute Gasteiger partial charge is 0.433 e. The average molecular weight is 354 g/mol. The van der Waals surface area contributed by atoms with Crippen LogP contribution in [-0.2, 0) is 12.7 Å². The number of nitrogens with zero attached hydrogens (tertiary/aromatic N) is 4. The molecule has 1 aliphatic heterocycles. The van der Waals surface area contributed by atoms with Crippen molar-refractivity contribution in [3.05, 3.63) is 41.7 Å². The van der Waals surface area contributed by atoms with E-state index in [1.807, 2.05) is 24.0 Å². The predicted octanol–water partition coefficient (Wildman–Crippen LogP) is 3.50. The second kappa shape index (κ2) is 7.03. The SMILES string of the molecule is Cc1ccc(CN2CCCC(N(C)c3cc(C(F)(F)F)ncn3)C2)o1. The third-order valence-corrected chi connectivity index (χ3v) is 4.51. The zero-order chi connectivity index (χ0) is 18.0. The number of likely N-dealkylation sites (N-methyl/N-ethyl adjacent to an activating group) is 1. The molecule has 136 valence electrons. The summed E-state index contributed by atoms with van der Waals surface area (Å²) in [4.78, 5) is 11.4. The number of anilines is 1. The van der Waals surface area contributed by atoms with Gasteiger partial charge >= 0.3 is 6.18 Å². The lowest BCUT2D eigenvalue weighted by atomic mass is 10.0. The summed E-state index contributed by atoms with van der Waals surface area (Å²) in [6.07, 6.45) is -1.60. The normalized spacial score (nSPS) is 19.2. The average Bonchev–Trinajstić information content (AvgIpc) is 2.98. The van der Waals surface area contributed by atoms with Gasteiger partial charge in [-0.15, -0.1) is 0 Å². The highest BCUT2D eigenvalue weighted by Gasteiger charge is 2.34. The van der Waals surface area contributed by atoms with E-state index in [1.54, 1.807) is 7.05 Å². The number of rotatable bonds is 4. The van der Waals surface area contributed by atoms with Crippen LogP contribution in [0.3, 0.4) is 0 Å². The Kier molecular flexibility index (Phi) is 4.99. The number of likely N-dealkylation sites (tertiary alicyclic amines) is 1. The zero-order valence-corrected chi connectivity index (χ0v) is 14.3. The van der Waals surface area contributed by atoms with Gasteiger partial charge in [0.25, 0.3) is 0 Å². The van der Waals surface area contributed by atoms with Crippen molar-refractivity contribution in [2.75, 3.05) is 25.0 Å². The van der Waals surface area contributed by atoms with Crippen LogP contribution in [-0.4, -0.2) is 41.0 Å². The molecule has 1 aliphatic rings. The highest BCUT2D eigenvalue weighted by molar-refractivity contribution is 5.40. The molecule has 8 heteroatoms. The largest absolute Gasteiger partial charge is 0.465 e. The van der Waals surface area contributed by atoms with Gasteiger partial charge in [-0.1, -0.05) is 0 Å². The van der Waals surface area contributed by atoms with Gasteiger partial charge in [0.05, 0.1) is 6.54 Å². The third-order valence-electron chi connectivity index (χ3n) is 4.51. The second-order valence-corrected chi connectivity index (χ2v) is 6.41. The summed E-state index contributed by atoms with van der Waals surface area (Å²) in [5.41, 5.74) is -0.914. The van der Waals surface area contributed by atoms with Gasteiger partial charge in [-0.3, -0.25) is 4.90 Å². The Balaban J connectivity index is 1.68. The Morgan fingerprint density at radius 2 is 2.12 bits per heavy atom. The summed E-state index contributed by atoms with van der Waals surface area (Å²) < 4.78 is 44.2. The standard InChI is InChI=1S/C17H21F3N4O/c1-12-5-6-14(25-12)10-24-7-3-4-13(9-24)23(2)16-8-15(17(18,19)20)21-11-22-16/h5-6,8,11,13H,3-4,7,9-10H2,1-2H3. The number of hydrogen-bond acceptors (Lipinski definition) is 5. The second-order valence-electron chi connectivity index (χ2n) is 6.41. The maximum Gasteiger partial charge on any atom is 0.433 e. The monoisotopic (exact) mass is 354 g/mol. The minimum atomic E-state index is -4.46. The lowest BCUT2D eigenvalue weighted by Gasteiger charge is -2.37. The van der Waals surface area contributed by atoms with Crippen molar-refractivity contribution in [2.24, 2.45) is 0 Å². The quantitative estimate of drug-likeness (QED) is 0.841. The number of piperidine rings is 1. The molecular formula is C17H21F3N4O. The summed E-state index contributed by atoms with van der Waals surface area (Å²) in [7, 11) is 1.79. The van der Waals surface area contributed by atoms with E-state index in [0.717, 1.165) is 49.8 Å². The Morgan fingerprint density at radius 3 is 2.80 bits per heavy atom. The molecule has 0 N–H and O–H groups in total. The van der Waals surface area contributed by atoms with Crippen molar-refractivity contribution in [1.29, 1.82) is 0 Å². The van der Waals surface area contributed by atoms with Crippen LogP contribution < -0.4 is 4.90 Å². The van der Waals surface area contributed by atoms with E-state index < -0.39 is 11.9 Å². The summed E-state index contributed by atoms with van der Waals surface area (Å²) >= 11 is 0. The Morgan fingerprint density at radius 1 is 1.32 bits per heavy atom. The van der Waals surface area contributed by atoms with Gasteiger partial charge in [-0.25, -0.2) is 9.97 Å². The molecule has 1 fully saturated rings. The highest BCUT2D eigenvalue weighted by Crippen LogP contribution is 2.30. The van der Waals surface area contributed by atoms with Crippen molar-refractivity contribution >= 4 is 5.82 Å². The van der Waals surface area contributed by atoms with Crippen LogP contribution in [0.15, 0.2) is 28.9 Å². The number of furan rings is 1. The maximum atomic E-state index is 12.9. The number of aromatic nitrogens is 2. The van der Waals surface area contributed by atoms with Crippen molar-refractivity contribution < 1.29 is 17.6 Å². The topological polar surface area (TPSA) is 45.4 Å². The van der Waals surface area contributed by atoms with E-state index in [9.17, 15) is 13.2 Å². The van der Waals surface area contributed by atoms with Crippen molar-refractivity contribution in [3.63, 3.8) is 0 Å². The fourth-order valence-electron chi connectivity index (χ4n) is 3.16. The van der Waals surface area contributed by atoms with Gasteiger partial charge < -0.3 is 9.32 Å². The molecule has 2 aromatic heterocycles. The molecule has 0 spiro atoms. The van der Waals surface area contributed by atoms with E-state index in [2.05, 4.69) is 14.9 Å². The van der Waals surface area contributed by atoms with Crippen LogP contribution in [0.1, 0.15) is 30.1 Å². The molecule has 1 saturated heterocycles. The molecule has 1 atom stereocenters. The van der Waals surface area contributed by atoms with Gasteiger partial charge in [0.1, 0.15) is 29.4 Å². The molecule has 25 heavy (non-hydrogen) atoms. The minimum absolute atomic E-state index is 0.0980. The van der Waals surface area contributed by atoms with E-state index in [0.29, 0.717) is 12.4 Å². The Hall–Kier alpha value is -2.09. The minimum Gasteiger partial charge on any atom is -0.465 e. The molecule has 0 bridgehead atoms. The molecular weight excluding hydrogens is 333 g/mol. The Bertz CT molecular complexity index is 716. The molecule has 0 amide bonds. The molecule has 0 saturated carbocycles. The first-order valence-corrected chi connectivity index (χ1v) is 8.22. The lowest BCUT2D eigenvalue weighted by molar-refractivity contribution is -0.141. The molecule has 3 rings (SSSR count). The number of alkyl halides is 3. The summed E-state index contributed by atoms with van der Waals surface area (Å²) in [6.45, 7) is 4.31. The lowest BCUT2D eigenvalue weighted by Crippen LogP contribution is -2.46. The van der Waals surface area contributed by atoms with E-state index in [4.69, 9.17) is 4.42 Å². The highest BCUT2D eigenvalue weighted by atomic mass is 19.4. The van der Waals surface area contributed by atoms with Crippen molar-refractivity contribution in [2.45, 2.75) is 38.5 Å². The molecule has 0 aromatic carbocycles. The van der Waals surface area contributed by atoms with Gasteiger partial charge in [-0.2, -0.15) is 13.2 Å². The summed E-state index contributed by atoms with van der Waals surface area (Å²) in [5.74, 6) is 2.08. The predicted molar refractivity (Wildman–Crippen MR) is 87.2 cm³/mol. The molecule has 0 aliphatic carbocycles. The third kappa shape index (κ3) is 4.31. The van der Waals surface area contributed by atoms with Crippen LogP contribution in [0.25, 0.3) is 0 Å². The first-order chi connectivity index (χ1) is 11.8. The van der Waals surface area contributed by atoms with Crippen LogP contribution in [0, 0.1) is 6.92 Å². The van der Waals surface area contributed by atoms with Gasteiger partial charge in [0.15, 0.2) is 0 Å². The summed E-state index contributed by atoms with van der Waals surface area (Å²) in [6, 6.07) is 5.00. The zero-order valence-electron chi connectivity index (χ0n) is 14.3. The van der Waals surface area contributed by atoms with Gasteiger partial charge in [0.2, 0.25) is 0 Å². The fraction of sp³-hybridized carbons (Fsp3) is 0.529. The first kappa shape index (κ1) is 17.7. The molecule has 5 nitrogen and oxygen atoms in total. The van der Waals surface area contributed by atoms with Crippen LogP contribution in [0.2, 0.25) is 0 Å². The molecule has 2 aromatic rings. The fourth-order valence-corrected chi connectivity index (χ4v) is 3.16. The van der Waals surface area contributed by atoms with Gasteiger partial charge in [-0.05, 0) is 38.4 Å². The summed E-state index contributed by atoms with van der Waals surface area (Å²) in [5, 5.41) is 0. The molecule has 1 unspecified atom stereocenters. The van der Waals surface area contributed by atoms with Gasteiger partial charge in [0, 0.05) is 25.7 Å². The Labute approximate surface area is 144 Å². The van der Waals surface area contributed by atoms with Crippen LogP contribution in [0.4, 0.5) is 19.0 Å². The van der Waals surface area contributed by atoms with Crippen LogP contribution >= 0.6 is 0 Å². The number of hydrogen-bond donors (Lipinski definition) is 0. The first-order valence-electron chi connectivity index (χ1n) is 8.22. The number of aryl methyl sites for hydroxylation is 1. The van der Waals surface area contributed by atoms with Crippen molar-refractivity contribution in [1.82, 2.24) is 14.9 Å². The van der Waals surface area contributed by atoms with Crippen molar-refractivity contribution in [3.8, 4) is 0 Å². The van der Waals surface area contributed by atoms with E-state index in [1.165, 1.54) is 0 Å². The van der Waals surface area contributed by atoms with E-state index >= 15 is 0 Å². The maximum absolute atomic E-state index is 12.9. The van der Waals surface area contributed by atoms with E-state index in [-0.39, 0.29) is 6.04 Å². The molecule has 0 radical (unpaired) electrons. The van der Waals surface area contributed by atoms with Crippen LogP contribution in [0.5, 0.6) is 0 Å². The molecule has 3 heterocycles.